The lowest BCUT2D eigenvalue weighted by molar-refractivity contribution is 0.635. The number of halogens is 1. The molecule has 6 heteroatoms. The zero-order valence-electron chi connectivity index (χ0n) is 9.14. The molecular weight excluding hydrogens is 244 g/mol. The molecule has 2 aromatic rings. The summed E-state index contributed by atoms with van der Waals surface area (Å²) in [6, 6.07) is -0.117. The molecule has 0 bridgehead atoms. The molecule has 2 aromatic heterocycles. The van der Waals surface area contributed by atoms with Gasteiger partial charge in [-0.1, -0.05) is 11.6 Å². The third-order valence-corrected chi connectivity index (χ3v) is 4.32. The molecule has 0 spiro atoms. The lowest BCUT2D eigenvalue weighted by Gasteiger charge is -2.09. The number of hydrogen-bond donors (Lipinski definition) is 1. The Labute approximate surface area is 103 Å². The largest absolute Gasteiger partial charge is 0.323 e. The first-order chi connectivity index (χ1) is 7.59. The molecule has 16 heavy (non-hydrogen) atoms. The fraction of sp³-hybridized carbons (Fsp3) is 0.400. The van der Waals surface area contributed by atoms with Crippen LogP contribution in [0.15, 0.2) is 11.7 Å². The molecule has 0 aromatic carbocycles. The molecule has 0 amide bonds. The minimum absolute atomic E-state index is 0.117. The fourth-order valence-electron chi connectivity index (χ4n) is 1.49. The van der Waals surface area contributed by atoms with Gasteiger partial charge < -0.3 is 5.73 Å². The van der Waals surface area contributed by atoms with Crippen molar-refractivity contribution in [2.75, 3.05) is 0 Å². The number of rotatable bonds is 3. The van der Waals surface area contributed by atoms with Crippen LogP contribution in [-0.4, -0.2) is 14.8 Å². The van der Waals surface area contributed by atoms with E-state index in [0.29, 0.717) is 6.42 Å². The summed E-state index contributed by atoms with van der Waals surface area (Å²) in [7, 11) is 1.86. The number of nitrogens with zero attached hydrogens (tertiary/aromatic N) is 3. The van der Waals surface area contributed by atoms with Crippen molar-refractivity contribution in [1.29, 1.82) is 0 Å². The summed E-state index contributed by atoms with van der Waals surface area (Å²) in [5, 5.41) is 6.81. The van der Waals surface area contributed by atoms with Gasteiger partial charge in [-0.15, -0.1) is 11.3 Å². The smallest absolute Gasteiger partial charge is 0.138 e. The van der Waals surface area contributed by atoms with Crippen LogP contribution in [0.1, 0.15) is 22.3 Å². The van der Waals surface area contributed by atoms with E-state index in [4.69, 9.17) is 17.3 Å². The highest BCUT2D eigenvalue weighted by Gasteiger charge is 2.16. The van der Waals surface area contributed by atoms with E-state index in [1.54, 1.807) is 16.0 Å². The van der Waals surface area contributed by atoms with Gasteiger partial charge in [-0.3, -0.25) is 4.68 Å². The van der Waals surface area contributed by atoms with Gasteiger partial charge in [0, 0.05) is 24.4 Å². The molecule has 2 N–H and O–H groups in total. The molecule has 0 aliphatic carbocycles. The Hall–Kier alpha value is -0.910. The van der Waals surface area contributed by atoms with Crippen LogP contribution in [0.25, 0.3) is 0 Å². The number of nitrogens with two attached hydrogens (primary N) is 1. The van der Waals surface area contributed by atoms with E-state index < -0.39 is 0 Å². The minimum atomic E-state index is -0.117. The van der Waals surface area contributed by atoms with Crippen molar-refractivity contribution in [2.45, 2.75) is 19.4 Å². The van der Waals surface area contributed by atoms with Crippen molar-refractivity contribution < 1.29 is 0 Å². The molecule has 2 rings (SSSR count). The molecule has 0 radical (unpaired) electrons. The Morgan fingerprint density at radius 2 is 2.38 bits per heavy atom. The molecule has 1 unspecified atom stereocenters. The van der Waals surface area contributed by atoms with Crippen LogP contribution in [0.4, 0.5) is 0 Å². The summed E-state index contributed by atoms with van der Waals surface area (Å²) in [4.78, 5) is 5.17. The van der Waals surface area contributed by atoms with Gasteiger partial charge in [-0.05, 0) is 17.9 Å². The number of hydrogen-bond acceptors (Lipinski definition) is 4. The van der Waals surface area contributed by atoms with E-state index >= 15 is 0 Å². The second kappa shape index (κ2) is 4.53. The Morgan fingerprint density at radius 1 is 1.62 bits per heavy atom. The van der Waals surface area contributed by atoms with Gasteiger partial charge in [-0.25, -0.2) is 4.98 Å². The maximum Gasteiger partial charge on any atom is 0.138 e. The first kappa shape index (κ1) is 11.6. The van der Waals surface area contributed by atoms with E-state index in [-0.39, 0.29) is 6.04 Å². The molecule has 0 aliphatic heterocycles. The van der Waals surface area contributed by atoms with Crippen molar-refractivity contribution >= 4 is 22.9 Å². The number of aryl methyl sites for hydroxylation is 2. The second-order valence-corrected chi connectivity index (χ2v) is 5.00. The number of thiophene rings is 1. The van der Waals surface area contributed by atoms with Crippen LogP contribution in [-0.2, 0) is 13.5 Å². The first-order valence-electron chi connectivity index (χ1n) is 4.91. The Balaban J connectivity index is 2.18. The lowest BCUT2D eigenvalue weighted by Crippen LogP contribution is -2.15. The standard InChI is InChI=1S/C10H13ClN4S/c1-6-4-16-10(9(6)11)7(12)3-8-13-5-14-15(8)2/h4-5,7H,3,12H2,1-2H3. The Morgan fingerprint density at radius 3 is 2.88 bits per heavy atom. The van der Waals surface area contributed by atoms with Crippen LogP contribution < -0.4 is 5.73 Å². The van der Waals surface area contributed by atoms with Crippen molar-refractivity contribution in [3.63, 3.8) is 0 Å². The highest BCUT2D eigenvalue weighted by Crippen LogP contribution is 2.32. The van der Waals surface area contributed by atoms with Gasteiger partial charge >= 0.3 is 0 Å². The highest BCUT2D eigenvalue weighted by molar-refractivity contribution is 7.10. The monoisotopic (exact) mass is 256 g/mol. The van der Waals surface area contributed by atoms with Crippen LogP contribution in [0.3, 0.4) is 0 Å². The molecule has 4 nitrogen and oxygen atoms in total. The van der Waals surface area contributed by atoms with Crippen LogP contribution in [0.2, 0.25) is 5.02 Å². The molecule has 0 saturated heterocycles. The van der Waals surface area contributed by atoms with E-state index in [1.807, 2.05) is 19.4 Å². The third-order valence-electron chi connectivity index (χ3n) is 2.47. The van der Waals surface area contributed by atoms with Gasteiger partial charge in [0.25, 0.3) is 0 Å². The van der Waals surface area contributed by atoms with Crippen molar-refractivity contribution in [1.82, 2.24) is 14.8 Å². The maximum absolute atomic E-state index is 6.17. The predicted octanol–water partition coefficient (Wildman–Crippen LogP) is 2.08. The topological polar surface area (TPSA) is 56.7 Å². The zero-order valence-corrected chi connectivity index (χ0v) is 10.7. The molecule has 1 atom stereocenters. The summed E-state index contributed by atoms with van der Waals surface area (Å²) in [5.74, 6) is 0.870. The summed E-state index contributed by atoms with van der Waals surface area (Å²) >= 11 is 7.77. The van der Waals surface area contributed by atoms with E-state index in [2.05, 4.69) is 10.1 Å². The van der Waals surface area contributed by atoms with Gasteiger partial charge in [0.05, 0.1) is 5.02 Å². The fourth-order valence-corrected chi connectivity index (χ4v) is 2.83. The molecule has 86 valence electrons. The van der Waals surface area contributed by atoms with E-state index in [1.165, 1.54) is 6.33 Å². The van der Waals surface area contributed by atoms with Gasteiger partial charge in [-0.2, -0.15) is 5.10 Å². The summed E-state index contributed by atoms with van der Waals surface area (Å²) in [6.07, 6.45) is 2.18. The van der Waals surface area contributed by atoms with Crippen molar-refractivity contribution in [3.05, 3.63) is 33.0 Å². The van der Waals surface area contributed by atoms with Crippen molar-refractivity contribution in [2.24, 2.45) is 12.8 Å². The summed E-state index contributed by atoms with van der Waals surface area (Å²) in [6.45, 7) is 1.98. The number of aromatic nitrogens is 3. The van der Waals surface area contributed by atoms with Crippen LogP contribution in [0.5, 0.6) is 0 Å². The quantitative estimate of drug-likeness (QED) is 0.915. The normalized spacial score (nSPS) is 13.0. The average molecular weight is 257 g/mol. The molecule has 2 heterocycles. The first-order valence-corrected chi connectivity index (χ1v) is 6.17. The van der Waals surface area contributed by atoms with Gasteiger partial charge in [0.2, 0.25) is 0 Å². The van der Waals surface area contributed by atoms with Crippen molar-refractivity contribution in [3.8, 4) is 0 Å². The summed E-state index contributed by atoms with van der Waals surface area (Å²) < 4.78 is 1.73. The zero-order chi connectivity index (χ0) is 11.7. The molecule has 0 saturated carbocycles. The highest BCUT2D eigenvalue weighted by atomic mass is 35.5. The van der Waals surface area contributed by atoms with E-state index in [0.717, 1.165) is 21.3 Å². The SMILES string of the molecule is Cc1csc(C(N)Cc2ncnn2C)c1Cl. The molecule has 0 aliphatic rings. The lowest BCUT2D eigenvalue weighted by atomic mass is 10.1. The predicted molar refractivity (Wildman–Crippen MR) is 65.7 cm³/mol. The van der Waals surface area contributed by atoms with Crippen LogP contribution >= 0.6 is 22.9 Å². The van der Waals surface area contributed by atoms with Gasteiger partial charge in [0.15, 0.2) is 0 Å². The minimum Gasteiger partial charge on any atom is -0.323 e. The molecule has 0 fully saturated rings. The third kappa shape index (κ3) is 2.11. The van der Waals surface area contributed by atoms with E-state index in [9.17, 15) is 0 Å². The Kier molecular flexibility index (Phi) is 3.28. The van der Waals surface area contributed by atoms with Crippen LogP contribution in [0, 0.1) is 6.92 Å². The maximum atomic E-state index is 6.17. The average Bonchev–Trinajstić information content (AvgIpc) is 2.77. The summed E-state index contributed by atoms with van der Waals surface area (Å²) in [5.41, 5.74) is 7.19. The molecular formula is C10H13ClN4S. The second-order valence-electron chi connectivity index (χ2n) is 3.71. The van der Waals surface area contributed by atoms with Gasteiger partial charge in [0.1, 0.15) is 12.2 Å². The Bertz CT molecular complexity index is 491.